The van der Waals surface area contributed by atoms with Gasteiger partial charge >= 0.3 is 0 Å². The van der Waals surface area contributed by atoms with E-state index in [1.165, 1.54) is 0 Å². The maximum Gasteiger partial charge on any atom is 0.185 e. The van der Waals surface area contributed by atoms with Gasteiger partial charge in [0.05, 0.1) is 6.61 Å². The number of nitrogens with zero attached hydrogens (tertiary/aromatic N) is 2. The Morgan fingerprint density at radius 2 is 1.78 bits per heavy atom. The van der Waals surface area contributed by atoms with Crippen molar-refractivity contribution < 1.29 is 9.53 Å². The van der Waals surface area contributed by atoms with Gasteiger partial charge in [-0.1, -0.05) is 36.4 Å². The molecule has 2 aromatic rings. The molecule has 0 spiro atoms. The highest BCUT2D eigenvalue weighted by Crippen LogP contribution is 2.16. The molecule has 0 fully saturated rings. The van der Waals surface area contributed by atoms with E-state index in [1.807, 2.05) is 68.7 Å². The predicted octanol–water partition coefficient (Wildman–Crippen LogP) is 3.97. The summed E-state index contributed by atoms with van der Waals surface area (Å²) in [5.41, 5.74) is 2.80. The zero-order valence-corrected chi connectivity index (χ0v) is 16.8. The molecule has 2 rings (SSSR count). The van der Waals surface area contributed by atoms with Gasteiger partial charge < -0.3 is 14.5 Å². The van der Waals surface area contributed by atoms with Crippen molar-refractivity contribution in [2.45, 2.75) is 13.0 Å². The molecule has 0 N–H and O–H groups in total. The van der Waals surface area contributed by atoms with E-state index in [2.05, 4.69) is 23.9 Å². The monoisotopic (exact) mass is 366 g/mol. The third kappa shape index (κ3) is 7.77. The highest BCUT2D eigenvalue weighted by molar-refractivity contribution is 6.06. The molecule has 4 nitrogen and oxygen atoms in total. The van der Waals surface area contributed by atoms with Crippen molar-refractivity contribution in [2.75, 3.05) is 41.3 Å². The van der Waals surface area contributed by atoms with Crippen LogP contribution in [0.4, 0.5) is 0 Å². The van der Waals surface area contributed by atoms with Crippen molar-refractivity contribution >= 4 is 11.9 Å². The quantitative estimate of drug-likeness (QED) is 0.362. The van der Waals surface area contributed by atoms with Crippen LogP contribution in [0.25, 0.3) is 6.08 Å². The van der Waals surface area contributed by atoms with E-state index in [1.54, 1.807) is 6.08 Å². The molecule has 0 aliphatic rings. The van der Waals surface area contributed by atoms with Crippen LogP contribution in [-0.4, -0.2) is 56.9 Å². The van der Waals surface area contributed by atoms with Crippen molar-refractivity contribution in [3.63, 3.8) is 0 Å². The summed E-state index contributed by atoms with van der Waals surface area (Å²) in [5.74, 6) is 0.837. The molecular weight excluding hydrogens is 336 g/mol. The van der Waals surface area contributed by atoms with Crippen LogP contribution in [0.15, 0.2) is 54.6 Å². The van der Waals surface area contributed by atoms with E-state index in [-0.39, 0.29) is 5.78 Å². The second-order valence-electron chi connectivity index (χ2n) is 7.21. The lowest BCUT2D eigenvalue weighted by atomic mass is 10.1. The summed E-state index contributed by atoms with van der Waals surface area (Å²) in [4.78, 5) is 16.7. The first-order valence-corrected chi connectivity index (χ1v) is 9.28. The van der Waals surface area contributed by atoms with Crippen LogP contribution < -0.4 is 4.74 Å². The van der Waals surface area contributed by atoms with Crippen LogP contribution in [0.2, 0.25) is 0 Å². The summed E-state index contributed by atoms with van der Waals surface area (Å²) in [5, 5.41) is 0. The molecule has 0 atom stereocenters. The molecule has 0 heterocycles. The average Bonchev–Trinajstić information content (AvgIpc) is 2.63. The fourth-order valence-corrected chi connectivity index (χ4v) is 2.74. The minimum atomic E-state index is 0.00732. The summed E-state index contributed by atoms with van der Waals surface area (Å²) in [7, 11) is 8.14. The summed E-state index contributed by atoms with van der Waals surface area (Å²) in [6.07, 6.45) is 4.45. The molecule has 0 amide bonds. The standard InChI is InChI=1S/C23H30N2O2/c1-24(2)14-7-15-27-22-11-6-8-19(17-22)12-13-23(26)21-10-5-9-20(16-21)18-25(3)4/h5-6,8-13,16-17H,7,14-15,18H2,1-4H3. The van der Waals surface area contributed by atoms with Crippen molar-refractivity contribution in [1.29, 1.82) is 0 Å². The Balaban J connectivity index is 1.96. The molecule has 27 heavy (non-hydrogen) atoms. The van der Waals surface area contributed by atoms with Crippen molar-refractivity contribution in [2.24, 2.45) is 0 Å². The number of hydrogen-bond acceptors (Lipinski definition) is 4. The number of ketones is 1. The van der Waals surface area contributed by atoms with Gasteiger partial charge in [-0.3, -0.25) is 4.79 Å². The zero-order chi connectivity index (χ0) is 19.6. The fraction of sp³-hybridized carbons (Fsp3) is 0.348. The largest absolute Gasteiger partial charge is 0.494 e. The number of carbonyl (C=O) groups excluding carboxylic acids is 1. The van der Waals surface area contributed by atoms with Gasteiger partial charge in [0.15, 0.2) is 5.78 Å². The molecule has 2 aromatic carbocycles. The molecule has 144 valence electrons. The second-order valence-corrected chi connectivity index (χ2v) is 7.21. The van der Waals surface area contributed by atoms with Gasteiger partial charge in [0, 0.05) is 18.7 Å². The van der Waals surface area contributed by atoms with Gasteiger partial charge in [-0.2, -0.15) is 0 Å². The first-order chi connectivity index (χ1) is 12.9. The zero-order valence-electron chi connectivity index (χ0n) is 16.8. The van der Waals surface area contributed by atoms with E-state index in [0.717, 1.165) is 36.4 Å². The Bertz CT molecular complexity index is 766. The highest BCUT2D eigenvalue weighted by atomic mass is 16.5. The van der Waals surface area contributed by atoms with E-state index >= 15 is 0 Å². The molecule has 0 radical (unpaired) electrons. The first kappa shape index (κ1) is 20.9. The smallest absolute Gasteiger partial charge is 0.185 e. The first-order valence-electron chi connectivity index (χ1n) is 9.28. The molecule has 0 aromatic heterocycles. The molecule has 0 saturated heterocycles. The van der Waals surface area contributed by atoms with E-state index in [0.29, 0.717) is 12.2 Å². The predicted molar refractivity (Wildman–Crippen MR) is 112 cm³/mol. The maximum atomic E-state index is 12.5. The maximum absolute atomic E-state index is 12.5. The Morgan fingerprint density at radius 3 is 2.52 bits per heavy atom. The summed E-state index contributed by atoms with van der Waals surface area (Å²) >= 11 is 0. The Morgan fingerprint density at radius 1 is 1.00 bits per heavy atom. The van der Waals surface area contributed by atoms with E-state index in [9.17, 15) is 4.79 Å². The van der Waals surface area contributed by atoms with Crippen LogP contribution in [0.3, 0.4) is 0 Å². The topological polar surface area (TPSA) is 32.8 Å². The number of carbonyl (C=O) groups is 1. The second kappa shape index (κ2) is 10.7. The van der Waals surface area contributed by atoms with Gasteiger partial charge in [-0.25, -0.2) is 0 Å². The SMILES string of the molecule is CN(C)CCCOc1cccc(C=CC(=O)c2cccc(CN(C)C)c2)c1. The molecule has 0 aliphatic heterocycles. The van der Waals surface area contributed by atoms with Gasteiger partial charge in [0.2, 0.25) is 0 Å². The van der Waals surface area contributed by atoms with Crippen molar-refractivity contribution in [3.05, 3.63) is 71.3 Å². The summed E-state index contributed by atoms with van der Waals surface area (Å²) in [6.45, 7) is 2.50. The normalized spacial score (nSPS) is 11.5. The lowest BCUT2D eigenvalue weighted by molar-refractivity contribution is 0.104. The van der Waals surface area contributed by atoms with E-state index in [4.69, 9.17) is 4.74 Å². The lowest BCUT2D eigenvalue weighted by Gasteiger charge is -2.10. The van der Waals surface area contributed by atoms with Crippen LogP contribution in [-0.2, 0) is 6.54 Å². The van der Waals surface area contributed by atoms with Crippen molar-refractivity contribution in [1.82, 2.24) is 9.80 Å². The minimum Gasteiger partial charge on any atom is -0.494 e. The molecule has 0 saturated carbocycles. The lowest BCUT2D eigenvalue weighted by Crippen LogP contribution is -2.15. The molecule has 4 heteroatoms. The fourth-order valence-electron chi connectivity index (χ4n) is 2.74. The summed E-state index contributed by atoms with van der Waals surface area (Å²) < 4.78 is 5.79. The van der Waals surface area contributed by atoms with Gasteiger partial charge in [-0.05, 0) is 70.0 Å². The Kier molecular flexibility index (Phi) is 8.24. The van der Waals surface area contributed by atoms with Crippen LogP contribution >= 0.6 is 0 Å². The Labute approximate surface area is 163 Å². The van der Waals surface area contributed by atoms with Crippen LogP contribution in [0.1, 0.15) is 27.9 Å². The number of benzene rings is 2. The average molecular weight is 367 g/mol. The number of rotatable bonds is 10. The minimum absolute atomic E-state index is 0.00732. The third-order valence-electron chi connectivity index (χ3n) is 4.01. The number of allylic oxidation sites excluding steroid dienone is 1. The molecular formula is C23H30N2O2. The van der Waals surface area contributed by atoms with Gasteiger partial charge in [-0.15, -0.1) is 0 Å². The van der Waals surface area contributed by atoms with E-state index < -0.39 is 0 Å². The van der Waals surface area contributed by atoms with Crippen molar-refractivity contribution in [3.8, 4) is 5.75 Å². The van der Waals surface area contributed by atoms with Gasteiger partial charge in [0.25, 0.3) is 0 Å². The van der Waals surface area contributed by atoms with Crippen LogP contribution in [0, 0.1) is 0 Å². The number of hydrogen-bond donors (Lipinski definition) is 0. The van der Waals surface area contributed by atoms with Crippen LogP contribution in [0.5, 0.6) is 5.75 Å². The molecule has 0 bridgehead atoms. The molecule has 0 unspecified atom stereocenters. The summed E-state index contributed by atoms with van der Waals surface area (Å²) in [6, 6.07) is 15.6. The highest BCUT2D eigenvalue weighted by Gasteiger charge is 2.04. The molecule has 0 aliphatic carbocycles. The van der Waals surface area contributed by atoms with Gasteiger partial charge in [0.1, 0.15) is 5.75 Å². The third-order valence-corrected chi connectivity index (χ3v) is 4.01. The number of ether oxygens (including phenoxy) is 1. The Hall–Kier alpha value is -2.43.